The number of carbonyl (C=O) groups is 1. The SMILES string of the molecule is Nc1cccc(-c2noc(CNC(=O)C3CCCC3)n2)c1. The molecule has 1 aliphatic rings. The van der Waals surface area contributed by atoms with Crippen molar-refractivity contribution in [3.8, 4) is 11.4 Å². The molecule has 1 fully saturated rings. The Labute approximate surface area is 122 Å². The Balaban J connectivity index is 1.61. The summed E-state index contributed by atoms with van der Waals surface area (Å²) in [7, 11) is 0. The maximum absolute atomic E-state index is 11.9. The second kappa shape index (κ2) is 5.95. The lowest BCUT2D eigenvalue weighted by Gasteiger charge is -2.07. The monoisotopic (exact) mass is 286 g/mol. The Kier molecular flexibility index (Phi) is 3.85. The van der Waals surface area contributed by atoms with E-state index in [-0.39, 0.29) is 18.4 Å². The van der Waals surface area contributed by atoms with Crippen molar-refractivity contribution in [2.75, 3.05) is 5.73 Å². The van der Waals surface area contributed by atoms with Crippen LogP contribution in [0.4, 0.5) is 5.69 Å². The maximum atomic E-state index is 11.9. The van der Waals surface area contributed by atoms with Crippen molar-refractivity contribution in [1.82, 2.24) is 15.5 Å². The van der Waals surface area contributed by atoms with Crippen LogP contribution in [-0.4, -0.2) is 16.0 Å². The van der Waals surface area contributed by atoms with E-state index in [9.17, 15) is 4.79 Å². The normalized spacial score (nSPS) is 15.2. The molecular formula is C15H18N4O2. The summed E-state index contributed by atoms with van der Waals surface area (Å²) in [6, 6.07) is 7.28. The highest BCUT2D eigenvalue weighted by Crippen LogP contribution is 2.24. The average molecular weight is 286 g/mol. The first-order valence-electron chi connectivity index (χ1n) is 7.18. The number of anilines is 1. The first-order valence-corrected chi connectivity index (χ1v) is 7.18. The van der Waals surface area contributed by atoms with E-state index in [1.165, 1.54) is 0 Å². The number of nitrogens with two attached hydrogens (primary N) is 1. The van der Waals surface area contributed by atoms with Gasteiger partial charge in [-0.3, -0.25) is 4.79 Å². The zero-order chi connectivity index (χ0) is 14.7. The quantitative estimate of drug-likeness (QED) is 0.840. The molecule has 110 valence electrons. The predicted molar refractivity (Wildman–Crippen MR) is 78.0 cm³/mol. The number of aromatic nitrogens is 2. The van der Waals surface area contributed by atoms with Crippen molar-refractivity contribution in [2.24, 2.45) is 5.92 Å². The smallest absolute Gasteiger partial charge is 0.246 e. The van der Waals surface area contributed by atoms with Crippen LogP contribution in [-0.2, 0) is 11.3 Å². The van der Waals surface area contributed by atoms with Crippen LogP contribution in [0.2, 0.25) is 0 Å². The van der Waals surface area contributed by atoms with Crippen molar-refractivity contribution >= 4 is 11.6 Å². The minimum atomic E-state index is 0.0798. The molecule has 3 rings (SSSR count). The number of nitrogens with one attached hydrogen (secondary N) is 1. The zero-order valence-corrected chi connectivity index (χ0v) is 11.7. The van der Waals surface area contributed by atoms with Crippen LogP contribution in [0, 0.1) is 5.92 Å². The molecule has 1 aliphatic carbocycles. The van der Waals surface area contributed by atoms with Crippen molar-refractivity contribution < 1.29 is 9.32 Å². The Bertz CT molecular complexity index is 632. The molecule has 0 spiro atoms. The third-order valence-corrected chi connectivity index (χ3v) is 3.75. The van der Waals surface area contributed by atoms with Gasteiger partial charge in [0.15, 0.2) is 0 Å². The summed E-state index contributed by atoms with van der Waals surface area (Å²) in [4.78, 5) is 16.2. The zero-order valence-electron chi connectivity index (χ0n) is 11.7. The molecule has 1 aromatic carbocycles. The number of carbonyl (C=O) groups excluding carboxylic acids is 1. The fourth-order valence-corrected chi connectivity index (χ4v) is 2.62. The fraction of sp³-hybridized carbons (Fsp3) is 0.400. The largest absolute Gasteiger partial charge is 0.399 e. The van der Waals surface area contributed by atoms with Crippen molar-refractivity contribution in [2.45, 2.75) is 32.2 Å². The molecule has 1 heterocycles. The van der Waals surface area contributed by atoms with Crippen LogP contribution in [0.15, 0.2) is 28.8 Å². The molecule has 6 heteroatoms. The molecule has 6 nitrogen and oxygen atoms in total. The van der Waals surface area contributed by atoms with Gasteiger partial charge in [0.05, 0.1) is 6.54 Å². The lowest BCUT2D eigenvalue weighted by Crippen LogP contribution is -2.28. The Morgan fingerprint density at radius 3 is 2.95 bits per heavy atom. The number of hydrogen-bond acceptors (Lipinski definition) is 5. The molecular weight excluding hydrogens is 268 g/mol. The minimum Gasteiger partial charge on any atom is -0.399 e. The number of nitrogen functional groups attached to an aromatic ring is 1. The maximum Gasteiger partial charge on any atom is 0.246 e. The molecule has 0 unspecified atom stereocenters. The van der Waals surface area contributed by atoms with Crippen LogP contribution in [0.5, 0.6) is 0 Å². The predicted octanol–water partition coefficient (Wildman–Crippen LogP) is 2.13. The van der Waals surface area contributed by atoms with E-state index >= 15 is 0 Å². The molecule has 1 aromatic heterocycles. The minimum absolute atomic E-state index is 0.0798. The second-order valence-electron chi connectivity index (χ2n) is 5.34. The van der Waals surface area contributed by atoms with Crippen molar-refractivity contribution in [3.63, 3.8) is 0 Å². The number of rotatable bonds is 4. The number of amides is 1. The Morgan fingerprint density at radius 1 is 1.38 bits per heavy atom. The lowest BCUT2D eigenvalue weighted by atomic mass is 10.1. The molecule has 1 saturated carbocycles. The third-order valence-electron chi connectivity index (χ3n) is 3.75. The first kappa shape index (κ1) is 13.6. The van der Waals surface area contributed by atoms with E-state index in [2.05, 4.69) is 15.5 Å². The van der Waals surface area contributed by atoms with Gasteiger partial charge in [-0.25, -0.2) is 0 Å². The number of nitrogens with zero attached hydrogens (tertiary/aromatic N) is 2. The van der Waals surface area contributed by atoms with Gasteiger partial charge in [0.25, 0.3) is 0 Å². The number of benzene rings is 1. The van der Waals surface area contributed by atoms with Gasteiger partial charge in [0, 0.05) is 17.2 Å². The molecule has 0 atom stereocenters. The van der Waals surface area contributed by atoms with Crippen LogP contribution in [0.25, 0.3) is 11.4 Å². The van der Waals surface area contributed by atoms with E-state index in [1.54, 1.807) is 12.1 Å². The van der Waals surface area contributed by atoms with Gasteiger partial charge in [-0.05, 0) is 25.0 Å². The van der Waals surface area contributed by atoms with Crippen LogP contribution >= 0.6 is 0 Å². The number of hydrogen-bond donors (Lipinski definition) is 2. The highest BCUT2D eigenvalue weighted by atomic mass is 16.5. The highest BCUT2D eigenvalue weighted by molar-refractivity contribution is 5.78. The molecule has 0 radical (unpaired) electrons. The summed E-state index contributed by atoms with van der Waals surface area (Å²) in [5, 5.41) is 6.77. The molecule has 0 aliphatic heterocycles. The van der Waals surface area contributed by atoms with Crippen LogP contribution in [0.3, 0.4) is 0 Å². The summed E-state index contributed by atoms with van der Waals surface area (Å²) < 4.78 is 5.16. The molecule has 0 bridgehead atoms. The van der Waals surface area contributed by atoms with Crippen LogP contribution < -0.4 is 11.1 Å². The van der Waals surface area contributed by atoms with E-state index < -0.39 is 0 Å². The average Bonchev–Trinajstić information content (AvgIpc) is 3.16. The summed E-state index contributed by atoms with van der Waals surface area (Å²) in [5.74, 6) is 1.10. The summed E-state index contributed by atoms with van der Waals surface area (Å²) in [6.07, 6.45) is 4.23. The second-order valence-corrected chi connectivity index (χ2v) is 5.34. The van der Waals surface area contributed by atoms with Crippen molar-refractivity contribution in [1.29, 1.82) is 0 Å². The topological polar surface area (TPSA) is 94.0 Å². The van der Waals surface area contributed by atoms with Gasteiger partial charge in [0.1, 0.15) is 0 Å². The lowest BCUT2D eigenvalue weighted by molar-refractivity contribution is -0.125. The van der Waals surface area contributed by atoms with Crippen molar-refractivity contribution in [3.05, 3.63) is 30.2 Å². The van der Waals surface area contributed by atoms with Gasteiger partial charge < -0.3 is 15.6 Å². The molecule has 0 saturated heterocycles. The standard InChI is InChI=1S/C15H18N4O2/c16-12-7-3-6-11(8-12)14-18-13(21-19-14)9-17-15(20)10-4-1-2-5-10/h3,6-8,10H,1-2,4-5,9,16H2,(H,17,20). The Hall–Kier alpha value is -2.37. The summed E-state index contributed by atoms with van der Waals surface area (Å²) in [5.41, 5.74) is 7.17. The van der Waals surface area contributed by atoms with E-state index in [0.29, 0.717) is 17.4 Å². The molecule has 1 amide bonds. The van der Waals surface area contributed by atoms with Gasteiger partial charge in [-0.15, -0.1) is 0 Å². The summed E-state index contributed by atoms with van der Waals surface area (Å²) >= 11 is 0. The van der Waals surface area contributed by atoms with Gasteiger partial charge in [0.2, 0.25) is 17.6 Å². The Morgan fingerprint density at radius 2 is 2.19 bits per heavy atom. The van der Waals surface area contributed by atoms with Gasteiger partial charge >= 0.3 is 0 Å². The fourth-order valence-electron chi connectivity index (χ4n) is 2.62. The molecule has 2 aromatic rings. The molecule has 3 N–H and O–H groups in total. The van der Waals surface area contributed by atoms with E-state index in [4.69, 9.17) is 10.3 Å². The van der Waals surface area contributed by atoms with Crippen LogP contribution in [0.1, 0.15) is 31.6 Å². The molecule has 21 heavy (non-hydrogen) atoms. The third kappa shape index (κ3) is 3.21. The van der Waals surface area contributed by atoms with Gasteiger partial charge in [-0.1, -0.05) is 30.1 Å². The highest BCUT2D eigenvalue weighted by Gasteiger charge is 2.22. The van der Waals surface area contributed by atoms with E-state index in [0.717, 1.165) is 31.2 Å². The van der Waals surface area contributed by atoms with E-state index in [1.807, 2.05) is 12.1 Å². The summed E-state index contributed by atoms with van der Waals surface area (Å²) in [6.45, 7) is 0.269. The first-order chi connectivity index (χ1) is 10.2. The van der Waals surface area contributed by atoms with Gasteiger partial charge in [-0.2, -0.15) is 4.98 Å².